The van der Waals surface area contributed by atoms with Crippen LogP contribution in [0.1, 0.15) is 5.01 Å². The van der Waals surface area contributed by atoms with Crippen LogP contribution in [0.4, 0.5) is 5.00 Å². The first-order valence-electron chi connectivity index (χ1n) is 4.05. The molecule has 2 nitrogen and oxygen atoms in total. The molecule has 0 unspecified atom stereocenters. The average molecular weight is 190 g/mol. The van der Waals surface area contributed by atoms with E-state index in [1.165, 1.54) is 11.3 Å². The third-order valence-corrected chi connectivity index (χ3v) is 2.61. The van der Waals surface area contributed by atoms with E-state index in [0.29, 0.717) is 0 Å². The number of nitrogens with zero attached hydrogens (tertiary/aromatic N) is 1. The highest BCUT2D eigenvalue weighted by Gasteiger charge is 2.06. The molecule has 0 atom stereocenters. The first kappa shape index (κ1) is 8.26. The second-order valence-electron chi connectivity index (χ2n) is 2.81. The molecule has 0 aliphatic heterocycles. The molecule has 0 aliphatic carbocycles. The molecule has 0 bridgehead atoms. The monoisotopic (exact) mass is 190 g/mol. The first-order chi connectivity index (χ1) is 6.27. The predicted octanol–water partition coefficient (Wildman–Crippen LogP) is 2.70. The van der Waals surface area contributed by atoms with E-state index >= 15 is 0 Å². The Labute approximate surface area is 81.1 Å². The molecule has 0 aliphatic rings. The van der Waals surface area contributed by atoms with Crippen molar-refractivity contribution in [1.29, 1.82) is 0 Å². The largest absolute Gasteiger partial charge is 0.389 e. The summed E-state index contributed by atoms with van der Waals surface area (Å²) >= 11 is 1.53. The van der Waals surface area contributed by atoms with Gasteiger partial charge in [0.2, 0.25) is 0 Å². The van der Waals surface area contributed by atoms with E-state index < -0.39 is 0 Å². The lowest BCUT2D eigenvalue weighted by Crippen LogP contribution is -1.84. The highest BCUT2D eigenvalue weighted by molar-refractivity contribution is 7.16. The van der Waals surface area contributed by atoms with Crippen LogP contribution in [-0.2, 0) is 0 Å². The normalized spacial score (nSPS) is 10.2. The topological polar surface area (TPSA) is 38.9 Å². The third-order valence-electron chi connectivity index (χ3n) is 1.81. The van der Waals surface area contributed by atoms with Crippen LogP contribution in [0.25, 0.3) is 11.3 Å². The van der Waals surface area contributed by atoms with Crippen molar-refractivity contribution in [2.75, 3.05) is 5.73 Å². The Morgan fingerprint density at radius 2 is 1.92 bits per heavy atom. The summed E-state index contributed by atoms with van der Waals surface area (Å²) in [5.41, 5.74) is 7.82. The summed E-state index contributed by atoms with van der Waals surface area (Å²) in [6.07, 6.45) is 0. The number of hydrogen-bond acceptors (Lipinski definition) is 3. The molecule has 0 fully saturated rings. The average Bonchev–Trinajstić information content (AvgIpc) is 2.47. The van der Waals surface area contributed by atoms with Crippen molar-refractivity contribution < 1.29 is 0 Å². The Balaban J connectivity index is 2.53. The van der Waals surface area contributed by atoms with E-state index in [2.05, 4.69) is 4.98 Å². The molecule has 2 N–H and O–H groups in total. The van der Waals surface area contributed by atoms with Crippen LogP contribution in [0.15, 0.2) is 30.3 Å². The Morgan fingerprint density at radius 3 is 2.46 bits per heavy atom. The number of nitrogen functional groups attached to an aromatic ring is 1. The van der Waals surface area contributed by atoms with Gasteiger partial charge in [0, 0.05) is 5.56 Å². The number of thiazole rings is 1. The molecule has 0 radical (unpaired) electrons. The summed E-state index contributed by atoms with van der Waals surface area (Å²) in [6.45, 7) is 1.97. The fourth-order valence-corrected chi connectivity index (χ4v) is 1.96. The summed E-state index contributed by atoms with van der Waals surface area (Å²) in [6, 6.07) is 10.0. The molecule has 2 rings (SSSR count). The van der Waals surface area contributed by atoms with Gasteiger partial charge >= 0.3 is 0 Å². The molecule has 1 aromatic heterocycles. The fraction of sp³-hybridized carbons (Fsp3) is 0.100. The molecule has 0 saturated carbocycles. The van der Waals surface area contributed by atoms with Crippen LogP contribution < -0.4 is 5.73 Å². The lowest BCUT2D eigenvalue weighted by atomic mass is 10.2. The van der Waals surface area contributed by atoms with E-state index in [9.17, 15) is 0 Å². The van der Waals surface area contributed by atoms with Crippen molar-refractivity contribution >= 4 is 16.3 Å². The lowest BCUT2D eigenvalue weighted by Gasteiger charge is -1.96. The molecule has 1 heterocycles. The number of anilines is 1. The van der Waals surface area contributed by atoms with Crippen molar-refractivity contribution in [2.45, 2.75) is 6.92 Å². The molecule has 0 spiro atoms. The Bertz CT molecular complexity index is 406. The molecule has 0 amide bonds. The van der Waals surface area contributed by atoms with Crippen molar-refractivity contribution in [1.82, 2.24) is 4.98 Å². The minimum Gasteiger partial charge on any atom is -0.389 e. The highest BCUT2D eigenvalue weighted by Crippen LogP contribution is 2.29. The van der Waals surface area contributed by atoms with Crippen LogP contribution in [0, 0.1) is 6.92 Å². The molecule has 1 aromatic carbocycles. The fourth-order valence-electron chi connectivity index (χ4n) is 1.25. The van der Waals surface area contributed by atoms with Gasteiger partial charge in [0.15, 0.2) is 0 Å². The zero-order valence-electron chi connectivity index (χ0n) is 7.32. The smallest absolute Gasteiger partial charge is 0.114 e. The van der Waals surface area contributed by atoms with Crippen LogP contribution in [0.5, 0.6) is 0 Å². The van der Waals surface area contributed by atoms with Gasteiger partial charge in [-0.25, -0.2) is 4.98 Å². The van der Waals surface area contributed by atoms with Gasteiger partial charge in [-0.2, -0.15) is 0 Å². The second kappa shape index (κ2) is 3.18. The number of aryl methyl sites for hydroxylation is 1. The Hall–Kier alpha value is -1.35. The van der Waals surface area contributed by atoms with Gasteiger partial charge in [0.25, 0.3) is 0 Å². The van der Waals surface area contributed by atoms with Crippen LogP contribution in [0.3, 0.4) is 0 Å². The van der Waals surface area contributed by atoms with Crippen molar-refractivity contribution in [3.8, 4) is 11.3 Å². The predicted molar refractivity (Wildman–Crippen MR) is 56.7 cm³/mol. The van der Waals surface area contributed by atoms with Gasteiger partial charge in [-0.05, 0) is 6.92 Å². The van der Waals surface area contributed by atoms with Gasteiger partial charge in [-0.15, -0.1) is 11.3 Å². The van der Waals surface area contributed by atoms with Crippen LogP contribution in [-0.4, -0.2) is 4.98 Å². The summed E-state index contributed by atoms with van der Waals surface area (Å²) in [7, 11) is 0. The van der Waals surface area contributed by atoms with E-state index in [1.54, 1.807) is 0 Å². The molecule has 3 heteroatoms. The number of nitrogens with two attached hydrogens (primary N) is 1. The molecule has 13 heavy (non-hydrogen) atoms. The molecule has 66 valence electrons. The van der Waals surface area contributed by atoms with Gasteiger partial charge in [0.1, 0.15) is 10.7 Å². The minimum absolute atomic E-state index is 0.795. The minimum atomic E-state index is 0.795. The van der Waals surface area contributed by atoms with E-state index in [-0.39, 0.29) is 0 Å². The van der Waals surface area contributed by atoms with Crippen molar-refractivity contribution in [3.63, 3.8) is 0 Å². The second-order valence-corrected chi connectivity index (χ2v) is 4.05. The van der Waals surface area contributed by atoms with Crippen LogP contribution >= 0.6 is 11.3 Å². The zero-order chi connectivity index (χ0) is 9.26. The van der Waals surface area contributed by atoms with Crippen LogP contribution in [0.2, 0.25) is 0 Å². The molecule has 0 saturated heterocycles. The van der Waals surface area contributed by atoms with E-state index in [0.717, 1.165) is 21.3 Å². The maximum atomic E-state index is 5.83. The van der Waals surface area contributed by atoms with E-state index in [1.807, 2.05) is 37.3 Å². The van der Waals surface area contributed by atoms with Gasteiger partial charge in [-0.3, -0.25) is 0 Å². The summed E-state index contributed by atoms with van der Waals surface area (Å²) < 4.78 is 0. The standard InChI is InChI=1S/C10H10N2S/c1-7-12-9(10(11)13-7)8-5-3-2-4-6-8/h2-6H,11H2,1H3. The molecular weight excluding hydrogens is 180 g/mol. The maximum absolute atomic E-state index is 5.83. The lowest BCUT2D eigenvalue weighted by molar-refractivity contribution is 1.30. The SMILES string of the molecule is Cc1nc(-c2ccccc2)c(N)s1. The zero-order valence-corrected chi connectivity index (χ0v) is 8.14. The van der Waals surface area contributed by atoms with Gasteiger partial charge in [-0.1, -0.05) is 30.3 Å². The number of benzene rings is 1. The van der Waals surface area contributed by atoms with Gasteiger partial charge < -0.3 is 5.73 Å². The number of hydrogen-bond donors (Lipinski definition) is 1. The third kappa shape index (κ3) is 1.55. The maximum Gasteiger partial charge on any atom is 0.114 e. The Kier molecular flexibility index (Phi) is 2.02. The summed E-state index contributed by atoms with van der Waals surface area (Å²) in [4.78, 5) is 4.37. The molecular formula is C10H10N2S. The summed E-state index contributed by atoms with van der Waals surface area (Å²) in [5, 5.41) is 1.81. The highest BCUT2D eigenvalue weighted by atomic mass is 32.1. The summed E-state index contributed by atoms with van der Waals surface area (Å²) in [5.74, 6) is 0. The van der Waals surface area contributed by atoms with E-state index in [4.69, 9.17) is 5.73 Å². The van der Waals surface area contributed by atoms with Crippen molar-refractivity contribution in [2.24, 2.45) is 0 Å². The quantitative estimate of drug-likeness (QED) is 0.751. The molecule has 2 aromatic rings. The number of aromatic nitrogens is 1. The van der Waals surface area contributed by atoms with Gasteiger partial charge in [0.05, 0.1) is 5.01 Å². The first-order valence-corrected chi connectivity index (χ1v) is 4.87. The van der Waals surface area contributed by atoms with Crippen molar-refractivity contribution in [3.05, 3.63) is 35.3 Å². The Morgan fingerprint density at radius 1 is 1.23 bits per heavy atom. The number of rotatable bonds is 1.